The fourth-order valence-electron chi connectivity index (χ4n) is 2.99. The molecule has 0 bridgehead atoms. The quantitative estimate of drug-likeness (QED) is 0.236. The second-order valence-electron chi connectivity index (χ2n) is 5.93. The van der Waals surface area contributed by atoms with Crippen LogP contribution >= 0.6 is 11.6 Å². The monoisotopic (exact) mass is 375 g/mol. The van der Waals surface area contributed by atoms with E-state index in [1.807, 2.05) is 65.2 Å². The van der Waals surface area contributed by atoms with E-state index in [4.69, 9.17) is 21.8 Å². The first kappa shape index (κ1) is 17.0. The Balaban J connectivity index is 1.97. The van der Waals surface area contributed by atoms with Crippen LogP contribution in [0.25, 0.3) is 28.1 Å². The molecule has 0 radical (unpaired) electrons. The summed E-state index contributed by atoms with van der Waals surface area (Å²) >= 11 is 6.02. The fourth-order valence-corrected chi connectivity index (χ4v) is 3.12. The van der Waals surface area contributed by atoms with Crippen LogP contribution < -0.4 is 0 Å². The maximum atomic E-state index is 12.0. The summed E-state index contributed by atoms with van der Waals surface area (Å²) in [5.74, 6) is 0.356. The molecule has 0 aliphatic heterocycles. The van der Waals surface area contributed by atoms with Crippen molar-refractivity contribution < 1.29 is 10.0 Å². The summed E-state index contributed by atoms with van der Waals surface area (Å²) in [4.78, 5) is 16.8. The van der Waals surface area contributed by atoms with Gasteiger partial charge in [0.2, 0.25) is 5.78 Å². The zero-order valence-corrected chi connectivity index (χ0v) is 14.8. The van der Waals surface area contributed by atoms with Crippen LogP contribution in [-0.4, -0.2) is 26.8 Å². The molecule has 0 aliphatic rings. The molecule has 0 saturated carbocycles. The summed E-state index contributed by atoms with van der Waals surface area (Å²) in [6, 6.07) is 22.6. The van der Waals surface area contributed by atoms with Gasteiger partial charge in [-0.2, -0.15) is 0 Å². The predicted molar refractivity (Wildman–Crippen MR) is 106 cm³/mol. The highest BCUT2D eigenvalue weighted by molar-refractivity contribution is 6.35. The highest BCUT2D eigenvalue weighted by Crippen LogP contribution is 2.29. The first-order chi connectivity index (χ1) is 13.2. The Labute approximate surface area is 160 Å². The summed E-state index contributed by atoms with van der Waals surface area (Å²) in [5, 5.41) is 12.1. The van der Waals surface area contributed by atoms with Crippen LogP contribution in [0.5, 0.6) is 0 Å². The van der Waals surface area contributed by atoms with Gasteiger partial charge in [0.15, 0.2) is 0 Å². The Morgan fingerprint density at radius 3 is 2.48 bits per heavy atom. The molecular formula is C21H14ClN3O2. The lowest BCUT2D eigenvalue weighted by Crippen LogP contribution is -2.00. The smallest absolute Gasteiger partial charge is 0.207 e. The lowest BCUT2D eigenvalue weighted by atomic mass is 10.1. The summed E-state index contributed by atoms with van der Waals surface area (Å²) in [6.07, 6.45) is 0.870. The Morgan fingerprint density at radius 1 is 1.04 bits per heavy atom. The second-order valence-corrected chi connectivity index (χ2v) is 6.36. The summed E-state index contributed by atoms with van der Waals surface area (Å²) < 4.78 is 2.03. The van der Waals surface area contributed by atoms with Gasteiger partial charge in [0, 0.05) is 21.8 Å². The maximum Gasteiger partial charge on any atom is 0.207 e. The molecule has 1 aromatic heterocycles. The molecule has 1 N–H and O–H groups in total. The molecule has 132 valence electrons. The van der Waals surface area contributed by atoms with Crippen molar-refractivity contribution in [2.45, 2.75) is 0 Å². The van der Waals surface area contributed by atoms with E-state index in [2.05, 4.69) is 5.16 Å². The van der Waals surface area contributed by atoms with Gasteiger partial charge in [-0.25, -0.2) is 4.98 Å². The van der Waals surface area contributed by atoms with E-state index in [1.54, 1.807) is 12.1 Å². The molecule has 0 saturated heterocycles. The molecule has 0 atom stereocenters. The number of para-hydroxylation sites is 1. The third-order valence-corrected chi connectivity index (χ3v) is 4.48. The molecule has 5 nitrogen and oxygen atoms in total. The van der Waals surface area contributed by atoms with E-state index >= 15 is 0 Å². The number of oxime groups is 1. The van der Waals surface area contributed by atoms with Crippen LogP contribution in [-0.2, 0) is 0 Å². The number of fused-ring (bicyclic) bond motifs is 1. The second kappa shape index (κ2) is 7.05. The van der Waals surface area contributed by atoms with Gasteiger partial charge in [0.25, 0.3) is 0 Å². The number of aromatic nitrogens is 2. The van der Waals surface area contributed by atoms with E-state index in [1.165, 1.54) is 0 Å². The summed E-state index contributed by atoms with van der Waals surface area (Å²) in [7, 11) is 0. The number of rotatable bonds is 4. The number of nitrogens with zero attached hydrogens (tertiary/aromatic N) is 3. The van der Waals surface area contributed by atoms with Crippen LogP contribution in [0.2, 0.25) is 5.02 Å². The highest BCUT2D eigenvalue weighted by Gasteiger charge is 2.16. The van der Waals surface area contributed by atoms with Gasteiger partial charge in [-0.15, -0.1) is 0 Å². The molecule has 1 heterocycles. The Bertz CT molecular complexity index is 1150. The third-order valence-electron chi connectivity index (χ3n) is 4.23. The minimum absolute atomic E-state index is 0.387. The number of carbonyl (C=O) groups is 1. The fraction of sp³-hybridized carbons (Fsp3) is 0. The molecule has 3 aromatic carbocycles. The molecule has 4 rings (SSSR count). The lowest BCUT2D eigenvalue weighted by Gasteiger charge is -2.09. The van der Waals surface area contributed by atoms with Crippen LogP contribution in [0, 0.1) is 0 Å². The topological polar surface area (TPSA) is 67.5 Å². The van der Waals surface area contributed by atoms with E-state index in [0.29, 0.717) is 16.1 Å². The van der Waals surface area contributed by atoms with Gasteiger partial charge < -0.3 is 5.21 Å². The number of hydrogen-bond donors (Lipinski definition) is 1. The van der Waals surface area contributed by atoms with Crippen molar-refractivity contribution in [2.24, 2.45) is 5.16 Å². The molecule has 0 unspecified atom stereocenters. The number of hydrogen-bond acceptors (Lipinski definition) is 4. The van der Waals surface area contributed by atoms with E-state index in [9.17, 15) is 4.79 Å². The molecule has 0 fully saturated rings. The van der Waals surface area contributed by atoms with Crippen molar-refractivity contribution in [2.75, 3.05) is 0 Å². The standard InChI is InChI=1S/C21H14ClN3O2/c22-16-9-6-14(7-10-16)21-24-18-12-15(20(26)13-23-27)8-11-19(18)25(21)17-4-2-1-3-5-17/h1-13,27H/b23-13+. The van der Waals surface area contributed by atoms with Crippen molar-refractivity contribution in [3.8, 4) is 17.1 Å². The SMILES string of the molecule is O=C(/C=N/O)c1ccc2c(c1)nc(-c1ccc(Cl)cc1)n2-c1ccccc1. The average molecular weight is 376 g/mol. The number of Topliss-reactive ketones (excluding diaryl/α,β-unsaturated/α-hetero) is 1. The zero-order chi connectivity index (χ0) is 18.8. The normalized spacial score (nSPS) is 11.3. The highest BCUT2D eigenvalue weighted by atomic mass is 35.5. The van der Waals surface area contributed by atoms with E-state index in [0.717, 1.165) is 28.8 Å². The zero-order valence-electron chi connectivity index (χ0n) is 14.1. The molecular weight excluding hydrogens is 362 g/mol. The van der Waals surface area contributed by atoms with Crippen molar-refractivity contribution in [3.05, 3.63) is 83.4 Å². The molecule has 27 heavy (non-hydrogen) atoms. The largest absolute Gasteiger partial charge is 0.411 e. The van der Waals surface area contributed by atoms with Crippen molar-refractivity contribution >= 4 is 34.6 Å². The van der Waals surface area contributed by atoms with Crippen molar-refractivity contribution in [1.82, 2.24) is 9.55 Å². The number of benzene rings is 3. The average Bonchev–Trinajstić information content (AvgIpc) is 3.08. The van der Waals surface area contributed by atoms with Gasteiger partial charge in [0.1, 0.15) is 12.0 Å². The van der Waals surface area contributed by atoms with Crippen LogP contribution in [0.1, 0.15) is 10.4 Å². The van der Waals surface area contributed by atoms with Gasteiger partial charge in [-0.1, -0.05) is 35.0 Å². The van der Waals surface area contributed by atoms with Gasteiger partial charge in [0.05, 0.1) is 11.0 Å². The van der Waals surface area contributed by atoms with Gasteiger partial charge >= 0.3 is 0 Å². The Kier molecular flexibility index (Phi) is 4.44. The van der Waals surface area contributed by atoms with Crippen molar-refractivity contribution in [3.63, 3.8) is 0 Å². The third kappa shape index (κ3) is 3.20. The number of imidazole rings is 1. The number of ketones is 1. The maximum absolute atomic E-state index is 12.0. The predicted octanol–water partition coefficient (Wildman–Crippen LogP) is 4.99. The first-order valence-corrected chi connectivity index (χ1v) is 8.61. The molecule has 4 aromatic rings. The first-order valence-electron chi connectivity index (χ1n) is 8.23. The number of carbonyl (C=O) groups excluding carboxylic acids is 1. The summed E-state index contributed by atoms with van der Waals surface area (Å²) in [5.41, 5.74) is 3.80. The molecule has 6 heteroatoms. The minimum Gasteiger partial charge on any atom is -0.411 e. The van der Waals surface area contributed by atoms with Crippen LogP contribution in [0.15, 0.2) is 78.0 Å². The van der Waals surface area contributed by atoms with Gasteiger partial charge in [-0.05, 0) is 54.6 Å². The van der Waals surface area contributed by atoms with Crippen LogP contribution in [0.3, 0.4) is 0 Å². The summed E-state index contributed by atoms with van der Waals surface area (Å²) in [6.45, 7) is 0. The molecule has 0 aliphatic carbocycles. The Morgan fingerprint density at radius 2 is 1.78 bits per heavy atom. The van der Waals surface area contributed by atoms with E-state index in [-0.39, 0.29) is 5.78 Å². The molecule has 0 spiro atoms. The van der Waals surface area contributed by atoms with Crippen LogP contribution in [0.4, 0.5) is 0 Å². The minimum atomic E-state index is -0.387. The van der Waals surface area contributed by atoms with E-state index < -0.39 is 0 Å². The van der Waals surface area contributed by atoms with Crippen molar-refractivity contribution in [1.29, 1.82) is 0 Å². The lowest BCUT2D eigenvalue weighted by molar-refractivity contribution is 0.106. The number of halogens is 1. The Hall–Kier alpha value is -3.44. The molecule has 0 amide bonds. The van der Waals surface area contributed by atoms with Gasteiger partial charge in [-0.3, -0.25) is 9.36 Å².